The Labute approximate surface area is 181 Å². The number of amides is 1. The molecular weight excluding hydrogens is 429 g/mol. The lowest BCUT2D eigenvalue weighted by Crippen LogP contribution is -2.29. The summed E-state index contributed by atoms with van der Waals surface area (Å²) < 4.78 is 0. The van der Waals surface area contributed by atoms with Gasteiger partial charge in [0.15, 0.2) is 0 Å². The molecule has 8 heteroatoms. The van der Waals surface area contributed by atoms with E-state index >= 15 is 0 Å². The highest BCUT2D eigenvalue weighted by atomic mass is 35.5. The van der Waals surface area contributed by atoms with Crippen molar-refractivity contribution in [2.75, 3.05) is 4.90 Å². The number of phenolic OH excluding ortho intramolecular Hbond substituents is 1. The number of fused-ring (bicyclic) bond motifs is 2. The number of nitrogens with zero attached hydrogens (tertiary/aromatic N) is 3. The van der Waals surface area contributed by atoms with Gasteiger partial charge in [0.25, 0.3) is 5.91 Å². The second kappa shape index (κ2) is 8.29. The van der Waals surface area contributed by atoms with Crippen LogP contribution in [-0.4, -0.2) is 23.4 Å². The van der Waals surface area contributed by atoms with Crippen molar-refractivity contribution in [3.05, 3.63) is 76.3 Å². The molecule has 0 saturated carbocycles. The van der Waals surface area contributed by atoms with Crippen LogP contribution in [0.15, 0.2) is 80.7 Å². The molecule has 1 N–H and O–H groups in total. The predicted octanol–water partition coefficient (Wildman–Crippen LogP) is 5.93. The van der Waals surface area contributed by atoms with Crippen LogP contribution in [0.5, 0.6) is 5.75 Å². The van der Waals surface area contributed by atoms with Crippen LogP contribution in [-0.2, 0) is 4.79 Å². The average molecular weight is 442 g/mol. The number of para-hydroxylation sites is 2. The van der Waals surface area contributed by atoms with Crippen LogP contribution in [0.25, 0.3) is 0 Å². The van der Waals surface area contributed by atoms with Crippen molar-refractivity contribution in [1.82, 2.24) is 0 Å². The predicted molar refractivity (Wildman–Crippen MR) is 118 cm³/mol. The van der Waals surface area contributed by atoms with Crippen LogP contribution in [0, 0.1) is 0 Å². The third-order valence-corrected chi connectivity index (χ3v) is 6.11. The first kappa shape index (κ1) is 19.5. The van der Waals surface area contributed by atoms with E-state index in [1.54, 1.807) is 28.8 Å². The second-order valence-electron chi connectivity index (χ2n) is 6.00. The summed E-state index contributed by atoms with van der Waals surface area (Å²) >= 11 is 13.4. The Morgan fingerprint density at radius 3 is 2.21 bits per heavy atom. The zero-order valence-electron chi connectivity index (χ0n) is 14.8. The van der Waals surface area contributed by atoms with Crippen molar-refractivity contribution in [3.63, 3.8) is 0 Å². The van der Waals surface area contributed by atoms with Crippen LogP contribution >= 0.6 is 35.0 Å². The molecule has 5 nitrogen and oxygen atoms in total. The summed E-state index contributed by atoms with van der Waals surface area (Å²) in [6.45, 7) is 0. The van der Waals surface area contributed by atoms with Gasteiger partial charge >= 0.3 is 0 Å². The summed E-state index contributed by atoms with van der Waals surface area (Å²) in [5.41, 5.74) is 1.92. The number of benzene rings is 3. The molecule has 3 aromatic rings. The van der Waals surface area contributed by atoms with E-state index in [9.17, 15) is 9.90 Å². The van der Waals surface area contributed by atoms with Gasteiger partial charge in [0, 0.05) is 15.4 Å². The van der Waals surface area contributed by atoms with Gasteiger partial charge in [0.1, 0.15) is 17.0 Å². The van der Waals surface area contributed by atoms with E-state index in [0.717, 1.165) is 27.4 Å². The standard InChI is InChI=1S/C21H13Cl2N3O2S/c22-14-10-9-13(21(28)20(14)23)11-24-25-12-19(27)26-15-5-1-3-7-17(15)29-18-8-4-2-6-16(18)26/h1-12,28H. The van der Waals surface area contributed by atoms with Crippen molar-refractivity contribution in [1.29, 1.82) is 0 Å². The molecule has 0 aromatic heterocycles. The lowest BCUT2D eigenvalue weighted by Gasteiger charge is -2.29. The zero-order valence-corrected chi connectivity index (χ0v) is 17.1. The largest absolute Gasteiger partial charge is 0.506 e. The fraction of sp³-hybridized carbons (Fsp3) is 0. The molecule has 1 amide bonds. The highest BCUT2D eigenvalue weighted by Gasteiger charge is 2.26. The highest BCUT2D eigenvalue weighted by molar-refractivity contribution is 7.99. The molecule has 1 aliphatic rings. The van der Waals surface area contributed by atoms with Crippen molar-refractivity contribution in [2.24, 2.45) is 10.2 Å². The molecule has 0 unspecified atom stereocenters. The lowest BCUT2D eigenvalue weighted by atomic mass is 10.2. The number of hydrogen-bond donors (Lipinski definition) is 1. The van der Waals surface area contributed by atoms with Crippen LogP contribution in [0.3, 0.4) is 0 Å². The molecule has 0 spiro atoms. The third-order valence-electron chi connectivity index (χ3n) is 4.18. The lowest BCUT2D eigenvalue weighted by molar-refractivity contribution is -0.111. The minimum absolute atomic E-state index is 0.0368. The first-order chi connectivity index (χ1) is 14.1. The van der Waals surface area contributed by atoms with Gasteiger partial charge in [-0.15, -0.1) is 0 Å². The van der Waals surface area contributed by atoms with Gasteiger partial charge in [-0.3, -0.25) is 9.69 Å². The van der Waals surface area contributed by atoms with E-state index in [1.165, 1.54) is 6.21 Å². The summed E-state index contributed by atoms with van der Waals surface area (Å²) in [5, 5.41) is 17.9. The van der Waals surface area contributed by atoms with Crippen LogP contribution in [0.2, 0.25) is 10.0 Å². The number of hydrogen-bond acceptors (Lipinski definition) is 5. The molecule has 1 aliphatic heterocycles. The normalized spacial score (nSPS) is 13.0. The average Bonchev–Trinajstić information content (AvgIpc) is 2.74. The summed E-state index contributed by atoms with van der Waals surface area (Å²) in [6.07, 6.45) is 2.43. The van der Waals surface area contributed by atoms with Crippen LogP contribution in [0.4, 0.5) is 11.4 Å². The van der Waals surface area contributed by atoms with Gasteiger partial charge in [0.05, 0.1) is 22.6 Å². The molecule has 0 fully saturated rings. The molecule has 1 heterocycles. The number of rotatable bonds is 3. The van der Waals surface area contributed by atoms with E-state index in [1.807, 2.05) is 48.5 Å². The first-order valence-corrected chi connectivity index (χ1v) is 10.1. The molecule has 29 heavy (non-hydrogen) atoms. The Balaban J connectivity index is 1.60. The molecule has 0 aliphatic carbocycles. The third kappa shape index (κ3) is 3.87. The number of anilines is 2. The van der Waals surface area contributed by atoms with E-state index in [2.05, 4.69) is 10.2 Å². The Bertz CT molecular complexity index is 1120. The van der Waals surface area contributed by atoms with Gasteiger partial charge in [0.2, 0.25) is 0 Å². The molecule has 0 bridgehead atoms. The zero-order chi connectivity index (χ0) is 20.4. The Kier molecular flexibility index (Phi) is 5.58. The van der Waals surface area contributed by atoms with Gasteiger partial charge in [-0.05, 0) is 36.4 Å². The van der Waals surface area contributed by atoms with Crippen molar-refractivity contribution >= 4 is 64.7 Å². The molecule has 0 saturated heterocycles. The number of aromatic hydroxyl groups is 1. The Hall–Kier alpha value is -2.80. The van der Waals surface area contributed by atoms with Crippen molar-refractivity contribution < 1.29 is 9.90 Å². The monoisotopic (exact) mass is 441 g/mol. The fourth-order valence-corrected chi connectivity index (χ4v) is 4.22. The maximum atomic E-state index is 12.9. The molecule has 0 radical (unpaired) electrons. The minimum Gasteiger partial charge on any atom is -0.506 e. The van der Waals surface area contributed by atoms with Gasteiger partial charge in [-0.25, -0.2) is 0 Å². The summed E-state index contributed by atoms with van der Waals surface area (Å²) in [6, 6.07) is 18.5. The summed E-state index contributed by atoms with van der Waals surface area (Å²) in [7, 11) is 0. The molecule has 3 aromatic carbocycles. The SMILES string of the molecule is O=C(C=NN=Cc1ccc(Cl)c(Cl)c1O)N1c2ccccc2Sc2ccccc21. The second-order valence-corrected chi connectivity index (χ2v) is 7.87. The fourth-order valence-electron chi connectivity index (χ4n) is 2.84. The van der Waals surface area contributed by atoms with Crippen LogP contribution in [0.1, 0.15) is 5.56 Å². The topological polar surface area (TPSA) is 65.3 Å². The van der Waals surface area contributed by atoms with Crippen molar-refractivity contribution in [3.8, 4) is 5.75 Å². The van der Waals surface area contributed by atoms with E-state index in [0.29, 0.717) is 5.56 Å². The molecular formula is C21H13Cl2N3O2S. The van der Waals surface area contributed by atoms with Gasteiger partial charge in [-0.1, -0.05) is 59.2 Å². The number of halogens is 2. The van der Waals surface area contributed by atoms with E-state index in [4.69, 9.17) is 23.2 Å². The number of carbonyl (C=O) groups is 1. The van der Waals surface area contributed by atoms with Gasteiger partial charge < -0.3 is 5.11 Å². The molecule has 0 atom stereocenters. The Morgan fingerprint density at radius 1 is 0.931 bits per heavy atom. The minimum atomic E-state index is -0.333. The van der Waals surface area contributed by atoms with Crippen LogP contribution < -0.4 is 4.90 Å². The number of phenols is 1. The quantitative estimate of drug-likeness (QED) is 0.404. The van der Waals surface area contributed by atoms with Gasteiger partial charge in [-0.2, -0.15) is 10.2 Å². The highest BCUT2D eigenvalue weighted by Crippen LogP contribution is 2.47. The number of carbonyl (C=O) groups excluding carboxylic acids is 1. The molecule has 144 valence electrons. The Morgan fingerprint density at radius 2 is 1.55 bits per heavy atom. The van der Waals surface area contributed by atoms with E-state index < -0.39 is 0 Å². The first-order valence-electron chi connectivity index (χ1n) is 8.49. The maximum absolute atomic E-state index is 12.9. The molecule has 4 rings (SSSR count). The van der Waals surface area contributed by atoms with E-state index in [-0.39, 0.29) is 21.7 Å². The smallest absolute Gasteiger partial charge is 0.275 e. The summed E-state index contributed by atoms with van der Waals surface area (Å²) in [5.74, 6) is -0.527. The van der Waals surface area contributed by atoms with Crippen molar-refractivity contribution in [2.45, 2.75) is 9.79 Å². The maximum Gasteiger partial charge on any atom is 0.275 e. The summed E-state index contributed by atoms with van der Waals surface area (Å²) in [4.78, 5) is 16.5.